The molecule has 2 amide bonds. The van der Waals surface area contributed by atoms with Crippen LogP contribution < -0.4 is 16.0 Å². The van der Waals surface area contributed by atoms with Crippen molar-refractivity contribution in [2.24, 2.45) is 5.92 Å². The summed E-state index contributed by atoms with van der Waals surface area (Å²) in [4.78, 5) is 23.9. The molecular weight excluding hydrogens is 318 g/mol. The van der Waals surface area contributed by atoms with E-state index >= 15 is 0 Å². The molecule has 7 nitrogen and oxygen atoms in total. The molecule has 0 radical (unpaired) electrons. The number of hydrogen-bond acceptors (Lipinski definition) is 4. The van der Waals surface area contributed by atoms with Crippen molar-refractivity contribution < 1.29 is 9.59 Å². The van der Waals surface area contributed by atoms with E-state index in [2.05, 4.69) is 34.9 Å². The van der Waals surface area contributed by atoms with Crippen LogP contribution in [0.25, 0.3) is 0 Å². The summed E-state index contributed by atoms with van der Waals surface area (Å²) >= 11 is 0. The van der Waals surface area contributed by atoms with Crippen LogP contribution in [0.5, 0.6) is 0 Å². The van der Waals surface area contributed by atoms with Gasteiger partial charge in [-0.25, -0.2) is 0 Å². The van der Waals surface area contributed by atoms with E-state index < -0.39 is 0 Å². The van der Waals surface area contributed by atoms with Crippen LogP contribution in [0.1, 0.15) is 40.3 Å². The van der Waals surface area contributed by atoms with Crippen molar-refractivity contribution in [1.29, 1.82) is 0 Å². The minimum absolute atomic E-state index is 0.237. The quantitative estimate of drug-likeness (QED) is 0.716. The molecule has 25 heavy (non-hydrogen) atoms. The molecule has 1 aromatic heterocycles. The third kappa shape index (κ3) is 4.82. The van der Waals surface area contributed by atoms with Crippen LogP contribution in [0.2, 0.25) is 0 Å². The number of nitrogens with zero attached hydrogens (tertiary/aromatic N) is 2. The van der Waals surface area contributed by atoms with Crippen molar-refractivity contribution in [2.75, 3.05) is 19.4 Å². The van der Waals surface area contributed by atoms with Gasteiger partial charge in [0.2, 0.25) is 0 Å². The smallest absolute Gasteiger partial charge is 0.251 e. The molecule has 0 aliphatic heterocycles. The highest BCUT2D eigenvalue weighted by molar-refractivity contribution is 6.00. The molecule has 1 aromatic carbocycles. The lowest BCUT2D eigenvalue weighted by molar-refractivity contribution is 0.0962. The van der Waals surface area contributed by atoms with E-state index in [1.807, 2.05) is 10.7 Å². The van der Waals surface area contributed by atoms with Gasteiger partial charge in [0.1, 0.15) is 0 Å². The Labute approximate surface area is 147 Å². The minimum Gasteiger partial charge on any atom is -0.379 e. The molecule has 2 aromatic rings. The normalized spacial score (nSPS) is 10.6. The highest BCUT2D eigenvalue weighted by Crippen LogP contribution is 2.17. The maximum Gasteiger partial charge on any atom is 0.251 e. The third-order valence-electron chi connectivity index (χ3n) is 3.73. The summed E-state index contributed by atoms with van der Waals surface area (Å²) in [5.41, 5.74) is 2.61. The molecule has 0 saturated heterocycles. The zero-order valence-corrected chi connectivity index (χ0v) is 15.1. The molecule has 0 aliphatic rings. The van der Waals surface area contributed by atoms with Crippen LogP contribution in [0.4, 0.5) is 5.69 Å². The number of nitrogens with one attached hydrogen (secondary N) is 3. The van der Waals surface area contributed by atoms with Gasteiger partial charge in [-0.05, 0) is 30.2 Å². The highest BCUT2D eigenvalue weighted by atomic mass is 16.2. The van der Waals surface area contributed by atoms with Crippen molar-refractivity contribution in [3.63, 3.8) is 0 Å². The molecule has 0 atom stereocenters. The monoisotopic (exact) mass is 343 g/mol. The second kappa shape index (κ2) is 8.32. The molecule has 3 N–H and O–H groups in total. The van der Waals surface area contributed by atoms with Gasteiger partial charge in [0.15, 0.2) is 0 Å². The Morgan fingerprint density at radius 3 is 2.20 bits per heavy atom. The lowest BCUT2D eigenvalue weighted by Crippen LogP contribution is -2.22. The second-order valence-corrected chi connectivity index (χ2v) is 6.21. The summed E-state index contributed by atoms with van der Waals surface area (Å²) in [5.74, 6) is 0.0207. The van der Waals surface area contributed by atoms with Crippen LogP contribution in [-0.4, -0.2) is 35.7 Å². The second-order valence-electron chi connectivity index (χ2n) is 6.21. The average Bonchev–Trinajstić information content (AvgIpc) is 3.04. The Hall–Kier alpha value is -2.83. The third-order valence-corrected chi connectivity index (χ3v) is 3.73. The van der Waals surface area contributed by atoms with E-state index in [-0.39, 0.29) is 11.8 Å². The van der Waals surface area contributed by atoms with Crippen LogP contribution in [0.15, 0.2) is 30.5 Å². The molecule has 0 aliphatic carbocycles. The maximum absolute atomic E-state index is 12.0. The molecule has 7 heteroatoms. The average molecular weight is 343 g/mol. The SMILES string of the molecule is CNC(=O)c1cc(NCc2ccnn2CC(C)C)cc(C(=O)NC)c1. The first-order valence-corrected chi connectivity index (χ1v) is 8.28. The van der Waals surface area contributed by atoms with Crippen LogP contribution in [-0.2, 0) is 13.1 Å². The van der Waals surface area contributed by atoms with Gasteiger partial charge in [-0.3, -0.25) is 14.3 Å². The number of anilines is 1. The van der Waals surface area contributed by atoms with E-state index in [1.165, 1.54) is 0 Å². The summed E-state index contributed by atoms with van der Waals surface area (Å²) in [5, 5.41) is 12.8. The minimum atomic E-state index is -0.237. The number of carbonyl (C=O) groups is 2. The predicted octanol–water partition coefficient (Wildman–Crippen LogP) is 1.87. The van der Waals surface area contributed by atoms with Crippen LogP contribution in [0.3, 0.4) is 0 Å². The van der Waals surface area contributed by atoms with Crippen LogP contribution >= 0.6 is 0 Å². The summed E-state index contributed by atoms with van der Waals surface area (Å²) in [7, 11) is 3.12. The molecule has 0 spiro atoms. The molecule has 0 fully saturated rings. The van der Waals surface area contributed by atoms with Gasteiger partial charge in [-0.15, -0.1) is 0 Å². The Balaban J connectivity index is 2.22. The summed E-state index contributed by atoms with van der Waals surface area (Å²) in [6, 6.07) is 6.99. The fourth-order valence-electron chi connectivity index (χ4n) is 2.49. The van der Waals surface area contributed by atoms with E-state index in [9.17, 15) is 9.59 Å². The van der Waals surface area contributed by atoms with Crippen molar-refractivity contribution in [3.8, 4) is 0 Å². The van der Waals surface area contributed by atoms with Gasteiger partial charge in [-0.1, -0.05) is 13.8 Å². The van der Waals surface area contributed by atoms with E-state index in [1.54, 1.807) is 38.5 Å². The number of amides is 2. The molecule has 0 unspecified atom stereocenters. The van der Waals surface area contributed by atoms with Gasteiger partial charge in [0, 0.05) is 43.7 Å². The summed E-state index contributed by atoms with van der Waals surface area (Å²) in [6.07, 6.45) is 1.77. The van der Waals surface area contributed by atoms with Gasteiger partial charge >= 0.3 is 0 Å². The van der Waals surface area contributed by atoms with E-state index in [0.717, 1.165) is 12.2 Å². The molecule has 0 saturated carbocycles. The van der Waals surface area contributed by atoms with Gasteiger partial charge < -0.3 is 16.0 Å². The Morgan fingerprint density at radius 2 is 1.68 bits per heavy atom. The molecular formula is C18H25N5O2. The highest BCUT2D eigenvalue weighted by Gasteiger charge is 2.12. The zero-order chi connectivity index (χ0) is 18.4. The van der Waals surface area contributed by atoms with Crippen molar-refractivity contribution in [3.05, 3.63) is 47.3 Å². The first-order chi connectivity index (χ1) is 11.9. The summed E-state index contributed by atoms with van der Waals surface area (Å²) in [6.45, 7) is 5.67. The van der Waals surface area contributed by atoms with Crippen LogP contribution in [0, 0.1) is 5.92 Å². The maximum atomic E-state index is 12.0. The van der Waals surface area contributed by atoms with Crippen molar-refractivity contribution in [1.82, 2.24) is 20.4 Å². The summed E-state index contributed by atoms with van der Waals surface area (Å²) < 4.78 is 1.96. The standard InChI is InChI=1S/C18H25N5O2/c1-12(2)11-23-16(5-6-22-23)10-21-15-8-13(17(24)19-3)7-14(9-15)18(25)20-4/h5-9,12,21H,10-11H2,1-4H3,(H,19,24)(H,20,25). The van der Waals surface area contributed by atoms with Gasteiger partial charge in [0.05, 0.1) is 12.2 Å². The molecule has 1 heterocycles. The fourth-order valence-corrected chi connectivity index (χ4v) is 2.49. The van der Waals surface area contributed by atoms with E-state index in [4.69, 9.17) is 0 Å². The number of benzene rings is 1. The Bertz CT molecular complexity index is 717. The largest absolute Gasteiger partial charge is 0.379 e. The topological polar surface area (TPSA) is 88.1 Å². The van der Waals surface area contributed by atoms with E-state index in [0.29, 0.717) is 29.3 Å². The lowest BCUT2D eigenvalue weighted by atomic mass is 10.1. The Morgan fingerprint density at radius 1 is 1.08 bits per heavy atom. The van der Waals surface area contributed by atoms with Crippen molar-refractivity contribution >= 4 is 17.5 Å². The first-order valence-electron chi connectivity index (χ1n) is 8.28. The molecule has 0 bridgehead atoms. The van der Waals surface area contributed by atoms with Crippen molar-refractivity contribution in [2.45, 2.75) is 26.9 Å². The molecule has 134 valence electrons. The zero-order valence-electron chi connectivity index (χ0n) is 15.1. The van der Waals surface area contributed by atoms with Gasteiger partial charge in [-0.2, -0.15) is 5.10 Å². The number of rotatable bonds is 7. The molecule has 2 rings (SSSR count). The first kappa shape index (κ1) is 18.5. The Kier molecular flexibility index (Phi) is 6.16. The number of hydrogen-bond donors (Lipinski definition) is 3. The number of carbonyl (C=O) groups excluding carboxylic acids is 2. The number of aromatic nitrogens is 2. The predicted molar refractivity (Wildman–Crippen MR) is 97.6 cm³/mol. The lowest BCUT2D eigenvalue weighted by Gasteiger charge is -2.13. The fraction of sp³-hybridized carbons (Fsp3) is 0.389. The van der Waals surface area contributed by atoms with Gasteiger partial charge in [0.25, 0.3) is 11.8 Å².